The number of urea groups is 1. The molecule has 0 saturated heterocycles. The van der Waals surface area contributed by atoms with Crippen LogP contribution in [0.2, 0.25) is 5.02 Å². The van der Waals surface area contributed by atoms with Gasteiger partial charge in [-0.25, -0.2) is 9.48 Å². The summed E-state index contributed by atoms with van der Waals surface area (Å²) in [6.07, 6.45) is 1.51. The summed E-state index contributed by atoms with van der Waals surface area (Å²) in [5.74, 6) is 0. The Bertz CT molecular complexity index is 802. The lowest BCUT2D eigenvalue weighted by Gasteiger charge is -2.18. The molecule has 2 amide bonds. The molecule has 0 aliphatic carbocycles. The molecule has 0 unspecified atom stereocenters. The number of nitrogens with one attached hydrogen (secondary N) is 1. The van der Waals surface area contributed by atoms with Crippen LogP contribution in [0.15, 0.2) is 54.9 Å². The lowest BCUT2D eigenvalue weighted by molar-refractivity contribution is 0.220. The van der Waals surface area contributed by atoms with Gasteiger partial charge in [0.15, 0.2) is 0 Å². The lowest BCUT2D eigenvalue weighted by atomic mass is 10.2. The maximum absolute atomic E-state index is 12.2. The average molecular weight is 343 g/mol. The fraction of sp³-hybridized carbons (Fsp3) is 0.125. The smallest absolute Gasteiger partial charge is 0.321 e. The third kappa shape index (κ3) is 3.88. The summed E-state index contributed by atoms with van der Waals surface area (Å²) in [5, 5.41) is 14.5. The van der Waals surface area contributed by atoms with Crippen molar-refractivity contribution < 1.29 is 4.79 Å². The Balaban J connectivity index is 1.60. The van der Waals surface area contributed by atoms with Crippen LogP contribution in [0, 0.1) is 0 Å². The molecule has 0 bridgehead atoms. The zero-order valence-electron chi connectivity index (χ0n) is 12.9. The Morgan fingerprint density at radius 3 is 2.50 bits per heavy atom. The number of anilines is 1. The van der Waals surface area contributed by atoms with E-state index in [0.717, 1.165) is 11.3 Å². The van der Waals surface area contributed by atoms with Crippen LogP contribution in [-0.4, -0.2) is 38.2 Å². The first-order valence-corrected chi connectivity index (χ1v) is 7.59. The van der Waals surface area contributed by atoms with Gasteiger partial charge in [0.2, 0.25) is 0 Å². The van der Waals surface area contributed by atoms with E-state index in [1.807, 2.05) is 24.3 Å². The first-order valence-electron chi connectivity index (χ1n) is 7.22. The number of benzene rings is 2. The van der Waals surface area contributed by atoms with Gasteiger partial charge in [-0.05, 0) is 52.4 Å². The van der Waals surface area contributed by atoms with Gasteiger partial charge in [-0.1, -0.05) is 23.7 Å². The molecule has 7 nitrogen and oxygen atoms in total. The van der Waals surface area contributed by atoms with Crippen molar-refractivity contribution in [3.63, 3.8) is 0 Å². The first kappa shape index (κ1) is 15.9. The molecule has 0 saturated carbocycles. The predicted molar refractivity (Wildman–Crippen MR) is 91.1 cm³/mol. The van der Waals surface area contributed by atoms with Gasteiger partial charge in [0, 0.05) is 24.3 Å². The summed E-state index contributed by atoms with van der Waals surface area (Å²) in [6, 6.07) is 14.5. The number of hydrogen-bond acceptors (Lipinski definition) is 4. The molecule has 0 radical (unpaired) electrons. The molecule has 3 rings (SSSR count). The molecule has 0 spiro atoms. The van der Waals surface area contributed by atoms with Gasteiger partial charge in [-0.15, -0.1) is 5.10 Å². The van der Waals surface area contributed by atoms with Crippen LogP contribution in [0.3, 0.4) is 0 Å². The second-order valence-electron chi connectivity index (χ2n) is 5.21. The molecular formula is C16H15ClN6O. The maximum Gasteiger partial charge on any atom is 0.321 e. The highest BCUT2D eigenvalue weighted by molar-refractivity contribution is 6.30. The highest BCUT2D eigenvalue weighted by Gasteiger charge is 2.09. The number of tetrazole rings is 1. The van der Waals surface area contributed by atoms with E-state index in [4.69, 9.17) is 11.6 Å². The van der Waals surface area contributed by atoms with Gasteiger partial charge in [0.05, 0.1) is 5.69 Å². The zero-order chi connectivity index (χ0) is 16.9. The van der Waals surface area contributed by atoms with Crippen LogP contribution in [0.25, 0.3) is 5.69 Å². The fourth-order valence-electron chi connectivity index (χ4n) is 2.13. The topological polar surface area (TPSA) is 75.9 Å². The van der Waals surface area contributed by atoms with Gasteiger partial charge < -0.3 is 10.2 Å². The van der Waals surface area contributed by atoms with E-state index in [0.29, 0.717) is 17.3 Å². The zero-order valence-corrected chi connectivity index (χ0v) is 13.7. The normalized spacial score (nSPS) is 10.4. The van der Waals surface area contributed by atoms with E-state index in [1.54, 1.807) is 36.2 Å². The van der Waals surface area contributed by atoms with Crippen LogP contribution in [-0.2, 0) is 6.54 Å². The number of rotatable bonds is 4. The van der Waals surface area contributed by atoms with E-state index < -0.39 is 0 Å². The SMILES string of the molecule is CN(Cc1ccc(Cl)cc1)C(=O)Nc1ccc(-n2cnnn2)cc1. The van der Waals surface area contributed by atoms with Crippen molar-refractivity contribution in [1.29, 1.82) is 0 Å². The molecule has 0 aliphatic heterocycles. The molecule has 1 aromatic heterocycles. The molecule has 24 heavy (non-hydrogen) atoms. The number of halogens is 1. The van der Waals surface area contributed by atoms with Gasteiger partial charge in [-0.2, -0.15) is 0 Å². The van der Waals surface area contributed by atoms with Gasteiger partial charge >= 0.3 is 6.03 Å². The minimum Gasteiger partial charge on any atom is -0.323 e. The number of carbonyl (C=O) groups is 1. The lowest BCUT2D eigenvalue weighted by Crippen LogP contribution is -2.30. The highest BCUT2D eigenvalue weighted by Crippen LogP contribution is 2.14. The maximum atomic E-state index is 12.2. The number of hydrogen-bond donors (Lipinski definition) is 1. The van der Waals surface area contributed by atoms with Crippen LogP contribution in [0.5, 0.6) is 0 Å². The van der Waals surface area contributed by atoms with E-state index in [9.17, 15) is 4.79 Å². The largest absolute Gasteiger partial charge is 0.323 e. The van der Waals surface area contributed by atoms with Crippen LogP contribution >= 0.6 is 11.6 Å². The van der Waals surface area contributed by atoms with E-state index in [1.165, 1.54) is 11.0 Å². The summed E-state index contributed by atoms with van der Waals surface area (Å²) < 4.78 is 1.54. The second-order valence-corrected chi connectivity index (χ2v) is 5.65. The van der Waals surface area contributed by atoms with Crippen molar-refractivity contribution in [3.05, 3.63) is 65.4 Å². The molecule has 2 aromatic carbocycles. The second kappa shape index (κ2) is 7.10. The average Bonchev–Trinajstić information content (AvgIpc) is 3.12. The molecule has 122 valence electrons. The highest BCUT2D eigenvalue weighted by atomic mass is 35.5. The number of nitrogens with zero attached hydrogens (tertiary/aromatic N) is 5. The summed E-state index contributed by atoms with van der Waals surface area (Å²) in [6.45, 7) is 0.492. The Labute approximate surface area is 143 Å². The Morgan fingerprint density at radius 2 is 1.88 bits per heavy atom. The molecule has 1 N–H and O–H groups in total. The number of aromatic nitrogens is 4. The molecule has 8 heteroatoms. The molecule has 3 aromatic rings. The van der Waals surface area contributed by atoms with Gasteiger partial charge in [0.25, 0.3) is 0 Å². The molecule has 0 aliphatic rings. The Kier molecular flexibility index (Phi) is 4.72. The third-order valence-corrected chi connectivity index (χ3v) is 3.66. The fourth-order valence-corrected chi connectivity index (χ4v) is 2.26. The molecular weight excluding hydrogens is 328 g/mol. The van der Waals surface area contributed by atoms with Crippen molar-refractivity contribution in [3.8, 4) is 5.69 Å². The summed E-state index contributed by atoms with van der Waals surface area (Å²) in [5.41, 5.74) is 2.51. The van der Waals surface area contributed by atoms with Gasteiger partial charge in [0.1, 0.15) is 6.33 Å². The van der Waals surface area contributed by atoms with Crippen molar-refractivity contribution in [2.75, 3.05) is 12.4 Å². The molecule has 1 heterocycles. The summed E-state index contributed by atoms with van der Waals surface area (Å²) >= 11 is 5.86. The Morgan fingerprint density at radius 1 is 1.17 bits per heavy atom. The third-order valence-electron chi connectivity index (χ3n) is 3.41. The number of carbonyl (C=O) groups excluding carboxylic acids is 1. The van der Waals surface area contributed by atoms with Crippen molar-refractivity contribution >= 4 is 23.3 Å². The minimum atomic E-state index is -0.194. The van der Waals surface area contributed by atoms with E-state index in [-0.39, 0.29) is 6.03 Å². The molecule has 0 atom stereocenters. The van der Waals surface area contributed by atoms with Crippen LogP contribution in [0.1, 0.15) is 5.56 Å². The number of amides is 2. The minimum absolute atomic E-state index is 0.194. The van der Waals surface area contributed by atoms with E-state index >= 15 is 0 Å². The van der Waals surface area contributed by atoms with Crippen LogP contribution < -0.4 is 5.32 Å². The summed E-state index contributed by atoms with van der Waals surface area (Å²) in [7, 11) is 1.74. The van der Waals surface area contributed by atoms with Crippen LogP contribution in [0.4, 0.5) is 10.5 Å². The van der Waals surface area contributed by atoms with Crippen molar-refractivity contribution in [2.45, 2.75) is 6.54 Å². The van der Waals surface area contributed by atoms with E-state index in [2.05, 4.69) is 20.8 Å². The Hall–Kier alpha value is -2.93. The van der Waals surface area contributed by atoms with Crippen molar-refractivity contribution in [2.24, 2.45) is 0 Å². The van der Waals surface area contributed by atoms with Crippen molar-refractivity contribution in [1.82, 2.24) is 25.1 Å². The standard InChI is InChI=1S/C16H15ClN6O/c1-22(10-12-2-4-13(17)5-3-12)16(24)19-14-6-8-15(9-7-14)23-11-18-20-21-23/h2-9,11H,10H2,1H3,(H,19,24). The molecule has 0 fully saturated rings. The van der Waals surface area contributed by atoms with Gasteiger partial charge in [-0.3, -0.25) is 0 Å². The first-order chi connectivity index (χ1) is 11.6. The monoisotopic (exact) mass is 342 g/mol. The quantitative estimate of drug-likeness (QED) is 0.790. The predicted octanol–water partition coefficient (Wildman–Crippen LogP) is 2.98. The summed E-state index contributed by atoms with van der Waals surface area (Å²) in [4.78, 5) is 13.8.